The van der Waals surface area contributed by atoms with E-state index in [0.29, 0.717) is 17.1 Å². The summed E-state index contributed by atoms with van der Waals surface area (Å²) in [6.07, 6.45) is 4.70. The highest BCUT2D eigenvalue weighted by Crippen LogP contribution is 2.42. The first-order valence-electron chi connectivity index (χ1n) is 12.4. The number of benzene rings is 3. The van der Waals surface area contributed by atoms with Crippen LogP contribution >= 0.6 is 0 Å². The van der Waals surface area contributed by atoms with Crippen molar-refractivity contribution >= 4 is 22.6 Å². The lowest BCUT2D eigenvalue weighted by Crippen LogP contribution is -2.28. The van der Waals surface area contributed by atoms with E-state index < -0.39 is 0 Å². The van der Waals surface area contributed by atoms with Crippen molar-refractivity contribution in [2.24, 2.45) is 0 Å². The van der Waals surface area contributed by atoms with Crippen molar-refractivity contribution in [3.8, 4) is 28.4 Å². The van der Waals surface area contributed by atoms with Gasteiger partial charge in [-0.05, 0) is 77.6 Å². The first-order chi connectivity index (χ1) is 18.1. The number of methoxy groups -OCH3 is 3. The molecule has 7 nitrogen and oxygen atoms in total. The molecule has 1 aliphatic carbocycles. The van der Waals surface area contributed by atoms with Crippen LogP contribution in [-0.2, 0) is 24.2 Å². The molecule has 1 atom stereocenters. The summed E-state index contributed by atoms with van der Waals surface area (Å²) in [6, 6.07) is 16.3. The molecule has 0 spiro atoms. The molecule has 2 aliphatic rings. The van der Waals surface area contributed by atoms with Gasteiger partial charge in [0.1, 0.15) is 18.2 Å². The Hall–Kier alpha value is -4.26. The van der Waals surface area contributed by atoms with Gasteiger partial charge >= 0.3 is 5.97 Å². The van der Waals surface area contributed by atoms with Crippen LogP contribution in [0.1, 0.15) is 33.5 Å². The molecule has 1 N–H and O–H groups in total. The standard InChI is InChI=1S/C30H28N2O5/c1-34-24-6-4-5-17-12-21(8-9-22(17)24)32-27-10-7-18(15-31-27)28-23-14-26(36-3)25(35-2)13-19(23)11-20-16-37-30(33)29(20)28/h4-7,10-11,13-15,21H,8-9,12,16H2,1-3H3,(H,31,32)/t21-/m0/s1. The number of hydrogen-bond acceptors (Lipinski definition) is 7. The number of rotatable bonds is 6. The fourth-order valence-electron chi connectivity index (χ4n) is 5.57. The molecule has 0 saturated carbocycles. The second kappa shape index (κ2) is 9.32. The maximum absolute atomic E-state index is 12.7. The largest absolute Gasteiger partial charge is 0.496 e. The summed E-state index contributed by atoms with van der Waals surface area (Å²) in [7, 11) is 4.94. The first-order valence-corrected chi connectivity index (χ1v) is 12.4. The van der Waals surface area contributed by atoms with Crippen molar-refractivity contribution in [3.05, 3.63) is 77.0 Å². The minimum atomic E-state index is -0.319. The topological polar surface area (TPSA) is 78.9 Å². The number of ether oxygens (including phenoxy) is 4. The number of anilines is 1. The summed E-state index contributed by atoms with van der Waals surface area (Å²) in [5.74, 6) is 2.69. The SMILES string of the molecule is COc1cc2cc3c(c(-c4ccc(N[C@H]5CCc6c(cccc6OC)C5)nc4)c2cc1OC)C(=O)OC3. The van der Waals surface area contributed by atoms with Crippen LogP contribution in [0.5, 0.6) is 17.2 Å². The van der Waals surface area contributed by atoms with Crippen LogP contribution in [0.3, 0.4) is 0 Å². The second-order valence-electron chi connectivity index (χ2n) is 9.40. The van der Waals surface area contributed by atoms with Gasteiger partial charge in [-0.15, -0.1) is 0 Å². The molecule has 0 unspecified atom stereocenters. The van der Waals surface area contributed by atoms with Gasteiger partial charge < -0.3 is 24.3 Å². The molecule has 0 saturated heterocycles. The Morgan fingerprint density at radius 3 is 2.49 bits per heavy atom. The lowest BCUT2D eigenvalue weighted by atomic mass is 9.87. The minimum Gasteiger partial charge on any atom is -0.496 e. The van der Waals surface area contributed by atoms with Gasteiger partial charge in [0, 0.05) is 28.9 Å². The Morgan fingerprint density at radius 1 is 0.919 bits per heavy atom. The predicted molar refractivity (Wildman–Crippen MR) is 142 cm³/mol. The van der Waals surface area contributed by atoms with Crippen molar-refractivity contribution in [1.82, 2.24) is 4.98 Å². The number of carbonyl (C=O) groups excluding carboxylic acids is 1. The van der Waals surface area contributed by atoms with Crippen LogP contribution in [0.2, 0.25) is 0 Å². The molecule has 1 aliphatic heterocycles. The van der Waals surface area contributed by atoms with Crippen molar-refractivity contribution in [2.45, 2.75) is 31.9 Å². The molecule has 0 fully saturated rings. The van der Waals surface area contributed by atoms with E-state index in [9.17, 15) is 4.79 Å². The molecule has 6 rings (SSSR count). The highest BCUT2D eigenvalue weighted by atomic mass is 16.5. The van der Waals surface area contributed by atoms with E-state index in [1.54, 1.807) is 21.3 Å². The molecule has 1 aromatic heterocycles. The Balaban J connectivity index is 1.34. The molecular formula is C30H28N2O5. The summed E-state index contributed by atoms with van der Waals surface area (Å²) >= 11 is 0. The number of cyclic esters (lactones) is 1. The first kappa shape index (κ1) is 23.2. The second-order valence-corrected chi connectivity index (χ2v) is 9.40. The number of nitrogens with one attached hydrogen (secondary N) is 1. The van der Waals surface area contributed by atoms with E-state index in [1.165, 1.54) is 11.1 Å². The zero-order chi connectivity index (χ0) is 25.5. The Labute approximate surface area is 215 Å². The monoisotopic (exact) mass is 496 g/mol. The molecule has 4 aromatic rings. The number of nitrogens with zero attached hydrogens (tertiary/aromatic N) is 1. The molecule has 0 amide bonds. The number of hydrogen-bond donors (Lipinski definition) is 1. The fourth-order valence-corrected chi connectivity index (χ4v) is 5.57. The van der Waals surface area contributed by atoms with E-state index >= 15 is 0 Å². The molecule has 37 heavy (non-hydrogen) atoms. The quantitative estimate of drug-likeness (QED) is 0.350. The van der Waals surface area contributed by atoms with Gasteiger partial charge in [-0.3, -0.25) is 0 Å². The summed E-state index contributed by atoms with van der Waals surface area (Å²) in [5, 5.41) is 5.42. The van der Waals surface area contributed by atoms with Gasteiger partial charge in [-0.25, -0.2) is 9.78 Å². The third kappa shape index (κ3) is 4.00. The fraction of sp³-hybridized carbons (Fsp3) is 0.267. The lowest BCUT2D eigenvalue weighted by molar-refractivity contribution is 0.0535. The smallest absolute Gasteiger partial charge is 0.339 e. The number of carbonyl (C=O) groups is 1. The van der Waals surface area contributed by atoms with Crippen LogP contribution in [0, 0.1) is 0 Å². The maximum atomic E-state index is 12.7. The molecule has 7 heteroatoms. The average molecular weight is 497 g/mol. The van der Waals surface area contributed by atoms with E-state index in [4.69, 9.17) is 23.9 Å². The summed E-state index contributed by atoms with van der Waals surface area (Å²) in [5.41, 5.74) is 5.70. The summed E-state index contributed by atoms with van der Waals surface area (Å²) in [4.78, 5) is 17.5. The predicted octanol–water partition coefficient (Wildman–Crippen LogP) is 5.57. The van der Waals surface area contributed by atoms with E-state index in [2.05, 4.69) is 11.4 Å². The highest BCUT2D eigenvalue weighted by molar-refractivity contribution is 6.11. The molecule has 0 radical (unpaired) electrons. The number of aromatic nitrogens is 1. The summed E-state index contributed by atoms with van der Waals surface area (Å²) in [6.45, 7) is 0.256. The third-order valence-electron chi connectivity index (χ3n) is 7.35. The molecule has 0 bridgehead atoms. The van der Waals surface area contributed by atoms with Crippen LogP contribution in [0.4, 0.5) is 5.82 Å². The zero-order valence-corrected chi connectivity index (χ0v) is 21.1. The number of fused-ring (bicyclic) bond motifs is 3. The maximum Gasteiger partial charge on any atom is 0.339 e. The average Bonchev–Trinajstić information content (AvgIpc) is 3.30. The van der Waals surface area contributed by atoms with Crippen molar-refractivity contribution in [1.29, 1.82) is 0 Å². The van der Waals surface area contributed by atoms with Crippen LogP contribution in [0.15, 0.2) is 54.7 Å². The molecular weight excluding hydrogens is 468 g/mol. The van der Waals surface area contributed by atoms with Crippen LogP contribution in [-0.4, -0.2) is 38.3 Å². The Morgan fingerprint density at radius 2 is 1.73 bits per heavy atom. The lowest BCUT2D eigenvalue weighted by Gasteiger charge is -2.27. The van der Waals surface area contributed by atoms with E-state index in [1.807, 2.05) is 48.7 Å². The Kier molecular flexibility index (Phi) is 5.83. The van der Waals surface area contributed by atoms with Gasteiger partial charge in [0.15, 0.2) is 11.5 Å². The van der Waals surface area contributed by atoms with E-state index in [-0.39, 0.29) is 18.6 Å². The van der Waals surface area contributed by atoms with Crippen molar-refractivity contribution in [3.63, 3.8) is 0 Å². The van der Waals surface area contributed by atoms with Gasteiger partial charge in [-0.1, -0.05) is 12.1 Å². The molecule has 3 aromatic carbocycles. The van der Waals surface area contributed by atoms with Crippen LogP contribution in [0.25, 0.3) is 21.9 Å². The van der Waals surface area contributed by atoms with Crippen molar-refractivity contribution < 1.29 is 23.7 Å². The van der Waals surface area contributed by atoms with Gasteiger partial charge in [0.2, 0.25) is 0 Å². The Bertz CT molecular complexity index is 1510. The highest BCUT2D eigenvalue weighted by Gasteiger charge is 2.29. The van der Waals surface area contributed by atoms with Gasteiger partial charge in [-0.2, -0.15) is 0 Å². The summed E-state index contributed by atoms with van der Waals surface area (Å²) < 4.78 is 22.0. The van der Waals surface area contributed by atoms with Crippen LogP contribution < -0.4 is 19.5 Å². The minimum absolute atomic E-state index is 0.256. The molecule has 2 heterocycles. The third-order valence-corrected chi connectivity index (χ3v) is 7.35. The normalized spacial score (nSPS) is 16.1. The van der Waals surface area contributed by atoms with Crippen molar-refractivity contribution in [2.75, 3.05) is 26.6 Å². The molecule has 188 valence electrons. The number of pyridine rings is 1. The van der Waals surface area contributed by atoms with E-state index in [0.717, 1.165) is 58.3 Å². The number of esters is 1. The van der Waals surface area contributed by atoms with Gasteiger partial charge in [0.05, 0.1) is 26.9 Å². The van der Waals surface area contributed by atoms with Gasteiger partial charge in [0.25, 0.3) is 0 Å². The zero-order valence-electron chi connectivity index (χ0n) is 21.1.